The lowest BCUT2D eigenvalue weighted by atomic mass is 9.85. The molecule has 2 N–H and O–H groups in total. The fourth-order valence-corrected chi connectivity index (χ4v) is 4.15. The first-order valence-electron chi connectivity index (χ1n) is 11.4. The van der Waals surface area contributed by atoms with Crippen molar-refractivity contribution >= 4 is 23.1 Å². The molecule has 0 atom stereocenters. The first kappa shape index (κ1) is 25.8. The van der Waals surface area contributed by atoms with Gasteiger partial charge < -0.3 is 20.1 Å². The molecular weight excluding hydrogens is 485 g/mol. The number of amides is 1. The summed E-state index contributed by atoms with van der Waals surface area (Å²) < 4.78 is 47.3. The van der Waals surface area contributed by atoms with Crippen molar-refractivity contribution in [1.29, 1.82) is 0 Å². The van der Waals surface area contributed by atoms with E-state index in [4.69, 9.17) is 4.74 Å². The van der Waals surface area contributed by atoms with Gasteiger partial charge in [0.2, 0.25) is 0 Å². The number of carbonyl (C=O) groups is 2. The Morgan fingerprint density at radius 2 is 1.73 bits per heavy atom. The van der Waals surface area contributed by atoms with E-state index in [2.05, 4.69) is 15.4 Å². The minimum Gasteiger partial charge on any atom is -0.497 e. The minimum atomic E-state index is -4.93. The van der Waals surface area contributed by atoms with E-state index in [1.54, 1.807) is 7.11 Å². The van der Waals surface area contributed by atoms with Crippen LogP contribution in [0.2, 0.25) is 0 Å². The Labute approximate surface area is 212 Å². The number of para-hydroxylation sites is 1. The third-order valence-electron chi connectivity index (χ3n) is 5.77. The molecule has 192 valence electrons. The van der Waals surface area contributed by atoms with Crippen molar-refractivity contribution in [3.05, 3.63) is 95.1 Å². The number of alkyl halides is 3. The van der Waals surface area contributed by atoms with Crippen LogP contribution < -0.4 is 20.1 Å². The van der Waals surface area contributed by atoms with Crippen LogP contribution in [0.25, 0.3) is 5.70 Å². The highest BCUT2D eigenvalue weighted by Crippen LogP contribution is 2.32. The third-order valence-corrected chi connectivity index (χ3v) is 5.77. The molecule has 0 fully saturated rings. The van der Waals surface area contributed by atoms with Crippen LogP contribution in [0, 0.1) is 0 Å². The number of allylic oxidation sites excluding steroid dienone is 1. The molecule has 0 aliphatic carbocycles. The Morgan fingerprint density at radius 1 is 1.03 bits per heavy atom. The number of halogens is 3. The second-order valence-corrected chi connectivity index (χ2v) is 9.21. The normalized spacial score (nSPS) is 15.4. The van der Waals surface area contributed by atoms with Crippen molar-refractivity contribution in [2.45, 2.75) is 32.2 Å². The van der Waals surface area contributed by atoms with Gasteiger partial charge in [0.1, 0.15) is 11.5 Å². The highest BCUT2D eigenvalue weighted by molar-refractivity contribution is 6.09. The number of fused-ring (bicyclic) bond motifs is 1. The van der Waals surface area contributed by atoms with Crippen molar-refractivity contribution in [3.63, 3.8) is 0 Å². The number of ketones is 1. The molecule has 0 unspecified atom stereocenters. The van der Waals surface area contributed by atoms with E-state index in [0.717, 1.165) is 23.6 Å². The number of ether oxygens (including phenoxy) is 2. The van der Waals surface area contributed by atoms with Gasteiger partial charge in [-0.05, 0) is 74.4 Å². The maximum atomic E-state index is 13.1. The van der Waals surface area contributed by atoms with E-state index in [1.165, 1.54) is 48.5 Å². The summed E-state index contributed by atoms with van der Waals surface area (Å²) in [5, 5.41) is 5.94. The lowest BCUT2D eigenvalue weighted by Crippen LogP contribution is -2.43. The molecule has 0 radical (unpaired) electrons. The predicted molar refractivity (Wildman–Crippen MR) is 134 cm³/mol. The predicted octanol–water partition coefficient (Wildman–Crippen LogP) is 5.99. The molecule has 0 saturated carbocycles. The maximum Gasteiger partial charge on any atom is 0.573 e. The van der Waals surface area contributed by atoms with Crippen molar-refractivity contribution in [2.24, 2.45) is 0 Å². The molecule has 3 aromatic rings. The Morgan fingerprint density at radius 3 is 2.41 bits per heavy atom. The van der Waals surface area contributed by atoms with Gasteiger partial charge in [0, 0.05) is 34.1 Å². The molecule has 3 aromatic carbocycles. The summed E-state index contributed by atoms with van der Waals surface area (Å²) >= 11 is 0. The van der Waals surface area contributed by atoms with Gasteiger partial charge in [0.05, 0.1) is 12.7 Å². The lowest BCUT2D eigenvalue weighted by molar-refractivity contribution is -0.274. The van der Waals surface area contributed by atoms with E-state index < -0.39 is 18.0 Å². The molecule has 0 spiro atoms. The zero-order valence-electron chi connectivity index (χ0n) is 20.4. The van der Waals surface area contributed by atoms with Crippen molar-refractivity contribution in [2.75, 3.05) is 12.4 Å². The Hall–Kier alpha value is -4.27. The molecule has 4 rings (SSSR count). The molecule has 1 aliphatic rings. The largest absolute Gasteiger partial charge is 0.573 e. The van der Waals surface area contributed by atoms with Crippen molar-refractivity contribution < 1.29 is 32.2 Å². The number of anilines is 1. The second kappa shape index (κ2) is 10.0. The number of methoxy groups -OCH3 is 1. The summed E-state index contributed by atoms with van der Waals surface area (Å²) in [5.74, 6) is -0.956. The number of nitrogens with one attached hydrogen (secondary N) is 2. The van der Waals surface area contributed by atoms with Crippen molar-refractivity contribution in [3.8, 4) is 11.5 Å². The molecule has 37 heavy (non-hydrogen) atoms. The van der Waals surface area contributed by atoms with Crippen LogP contribution in [0.5, 0.6) is 11.5 Å². The molecular formula is C28H25F3N2O4. The Balaban J connectivity index is 1.53. The first-order valence-corrected chi connectivity index (χ1v) is 11.4. The van der Waals surface area contributed by atoms with Gasteiger partial charge in [-0.3, -0.25) is 9.59 Å². The monoisotopic (exact) mass is 510 g/mol. The molecule has 0 aromatic heterocycles. The van der Waals surface area contributed by atoms with Gasteiger partial charge in [-0.25, -0.2) is 0 Å². The van der Waals surface area contributed by atoms with Crippen molar-refractivity contribution in [1.82, 2.24) is 5.32 Å². The van der Waals surface area contributed by atoms with Crippen LogP contribution in [0.15, 0.2) is 72.8 Å². The van der Waals surface area contributed by atoms with Gasteiger partial charge in [-0.2, -0.15) is 0 Å². The lowest BCUT2D eigenvalue weighted by Gasteiger charge is -2.35. The van der Waals surface area contributed by atoms with Crippen LogP contribution in [0.4, 0.5) is 18.9 Å². The molecule has 1 heterocycles. The highest BCUT2D eigenvalue weighted by Gasteiger charge is 2.33. The second-order valence-electron chi connectivity index (χ2n) is 9.21. The zero-order valence-corrected chi connectivity index (χ0v) is 20.4. The van der Waals surface area contributed by atoms with Gasteiger partial charge in [-0.1, -0.05) is 18.2 Å². The zero-order chi connectivity index (χ0) is 26.8. The van der Waals surface area contributed by atoms with E-state index in [9.17, 15) is 22.8 Å². The van der Waals surface area contributed by atoms with Crippen LogP contribution in [-0.4, -0.2) is 30.7 Å². The maximum absolute atomic E-state index is 13.1. The number of hydrogen-bond acceptors (Lipinski definition) is 5. The average Bonchev–Trinajstić information content (AvgIpc) is 2.83. The van der Waals surface area contributed by atoms with E-state index >= 15 is 0 Å². The minimum absolute atomic E-state index is 0.254. The topological polar surface area (TPSA) is 76.7 Å². The van der Waals surface area contributed by atoms with Gasteiger partial charge in [-0.15, -0.1) is 13.2 Å². The van der Waals surface area contributed by atoms with Crippen LogP contribution >= 0.6 is 0 Å². The summed E-state index contributed by atoms with van der Waals surface area (Å²) in [7, 11) is 1.58. The van der Waals surface area contributed by atoms with Gasteiger partial charge >= 0.3 is 6.36 Å². The number of benzene rings is 3. The number of rotatable bonds is 6. The summed E-state index contributed by atoms with van der Waals surface area (Å²) in [4.78, 5) is 25.6. The first-order chi connectivity index (χ1) is 17.4. The summed E-state index contributed by atoms with van der Waals surface area (Å²) in [6, 6.07) is 16.9. The molecule has 0 bridgehead atoms. The number of hydrogen-bond donors (Lipinski definition) is 2. The van der Waals surface area contributed by atoms with Crippen LogP contribution in [0.3, 0.4) is 0 Å². The molecule has 1 amide bonds. The standard InChI is InChI=1S/C28H25F3N2O4/c1-27(2)16-18-10-13-20(36-3)14-22(18)23(33-27)15-24(34)17-8-11-19(12-9-17)32-26(35)21-6-4-5-7-25(21)37-28(29,30)31/h4-15,33H,16H2,1-3H3,(H,32,35). The van der Waals surface area contributed by atoms with Crippen LogP contribution in [0.1, 0.15) is 45.7 Å². The van der Waals surface area contributed by atoms with Gasteiger partial charge in [0.25, 0.3) is 5.91 Å². The molecule has 0 saturated heterocycles. The fraction of sp³-hybridized carbons (Fsp3) is 0.214. The molecule has 9 heteroatoms. The smallest absolute Gasteiger partial charge is 0.497 e. The quantitative estimate of drug-likeness (QED) is 0.315. The molecule has 6 nitrogen and oxygen atoms in total. The Kier molecular flexibility index (Phi) is 6.98. The summed E-state index contributed by atoms with van der Waals surface area (Å²) in [5.41, 5.74) is 2.81. The summed E-state index contributed by atoms with van der Waals surface area (Å²) in [6.07, 6.45) is -2.62. The van der Waals surface area contributed by atoms with Crippen LogP contribution in [-0.2, 0) is 6.42 Å². The number of carbonyl (C=O) groups excluding carboxylic acids is 2. The SMILES string of the molecule is COc1ccc2c(c1)C(=CC(=O)c1ccc(NC(=O)c3ccccc3OC(F)(F)F)cc1)NC(C)(C)C2. The van der Waals surface area contributed by atoms with Gasteiger partial charge in [0.15, 0.2) is 5.78 Å². The fourth-order valence-electron chi connectivity index (χ4n) is 4.15. The van der Waals surface area contributed by atoms with E-state index in [1.807, 2.05) is 32.0 Å². The van der Waals surface area contributed by atoms with E-state index in [0.29, 0.717) is 22.7 Å². The third kappa shape index (κ3) is 6.30. The average molecular weight is 511 g/mol. The van der Waals surface area contributed by atoms with E-state index in [-0.39, 0.29) is 16.9 Å². The Bertz CT molecular complexity index is 1360. The highest BCUT2D eigenvalue weighted by atomic mass is 19.4. The molecule has 1 aliphatic heterocycles. The summed E-state index contributed by atoms with van der Waals surface area (Å²) in [6.45, 7) is 4.10.